The van der Waals surface area contributed by atoms with Crippen molar-refractivity contribution in [3.63, 3.8) is 0 Å². The van der Waals surface area contributed by atoms with Crippen LogP contribution in [-0.2, 0) is 5.41 Å². The average Bonchev–Trinajstić information content (AvgIpc) is 3.59. The van der Waals surface area contributed by atoms with Crippen LogP contribution in [-0.4, -0.2) is 4.98 Å². The molecule has 270 valence electrons. The first-order valence-electron chi connectivity index (χ1n) is 20.0. The number of anilines is 3. The molecule has 2 aliphatic rings. The first kappa shape index (κ1) is 32.7. The molecule has 2 heterocycles. The molecule has 12 rings (SSSR count). The van der Waals surface area contributed by atoms with Crippen LogP contribution >= 0.6 is 0 Å². The minimum absolute atomic E-state index is 0.515. The quantitative estimate of drug-likeness (QED) is 0.167. The molecule has 0 unspecified atom stereocenters. The highest BCUT2D eigenvalue weighted by atomic mass is 15.2. The van der Waals surface area contributed by atoms with Crippen LogP contribution in [0.4, 0.5) is 17.1 Å². The van der Waals surface area contributed by atoms with Crippen LogP contribution in [0.5, 0.6) is 0 Å². The fourth-order valence-electron chi connectivity index (χ4n) is 10.2. The summed E-state index contributed by atoms with van der Waals surface area (Å²) >= 11 is 0. The van der Waals surface area contributed by atoms with Gasteiger partial charge in [0.15, 0.2) is 0 Å². The third-order valence-corrected chi connectivity index (χ3v) is 12.5. The third kappa shape index (κ3) is 4.57. The molecule has 2 nitrogen and oxygen atoms in total. The maximum Gasteiger partial charge on any atom is 0.0754 e. The van der Waals surface area contributed by atoms with E-state index in [9.17, 15) is 0 Å². The minimum atomic E-state index is -0.515. The lowest BCUT2D eigenvalue weighted by molar-refractivity contribution is 0.753. The van der Waals surface area contributed by atoms with Gasteiger partial charge in [-0.25, -0.2) is 0 Å². The van der Waals surface area contributed by atoms with E-state index in [0.29, 0.717) is 0 Å². The average molecular weight is 737 g/mol. The molecule has 9 aromatic carbocycles. The predicted octanol–water partition coefficient (Wildman–Crippen LogP) is 14.5. The fourth-order valence-corrected chi connectivity index (χ4v) is 10.2. The predicted molar refractivity (Wildman–Crippen MR) is 241 cm³/mol. The van der Waals surface area contributed by atoms with Crippen LogP contribution in [0.15, 0.2) is 219 Å². The molecule has 1 aliphatic carbocycles. The molecule has 0 fully saturated rings. The number of benzene rings is 9. The topological polar surface area (TPSA) is 16.1 Å². The zero-order valence-electron chi connectivity index (χ0n) is 31.7. The van der Waals surface area contributed by atoms with Crippen molar-refractivity contribution in [3.8, 4) is 44.6 Å². The lowest BCUT2D eigenvalue weighted by Gasteiger charge is -2.45. The number of nitrogens with zero attached hydrogens (tertiary/aromatic N) is 2. The van der Waals surface area contributed by atoms with E-state index in [-0.39, 0.29) is 0 Å². The number of para-hydroxylation sites is 3. The first-order chi connectivity index (χ1) is 28.8. The van der Waals surface area contributed by atoms with Gasteiger partial charge >= 0.3 is 0 Å². The Kier molecular flexibility index (Phi) is 7.18. The van der Waals surface area contributed by atoms with Gasteiger partial charge in [0.05, 0.1) is 22.5 Å². The van der Waals surface area contributed by atoms with E-state index in [4.69, 9.17) is 4.98 Å². The number of hydrogen-bond donors (Lipinski definition) is 0. The van der Waals surface area contributed by atoms with Gasteiger partial charge in [-0.15, -0.1) is 0 Å². The van der Waals surface area contributed by atoms with Gasteiger partial charge in [-0.1, -0.05) is 176 Å². The molecule has 10 aromatic rings. The molecule has 1 spiro atoms. The van der Waals surface area contributed by atoms with E-state index in [1.807, 2.05) is 0 Å². The van der Waals surface area contributed by atoms with Crippen LogP contribution in [0.2, 0.25) is 0 Å². The summed E-state index contributed by atoms with van der Waals surface area (Å²) in [5, 5.41) is 4.94. The zero-order chi connectivity index (χ0) is 38.2. The Bertz CT molecular complexity index is 3120. The molecule has 1 aliphatic heterocycles. The first-order valence-corrected chi connectivity index (χ1v) is 20.0. The Labute approximate surface area is 338 Å². The Balaban J connectivity index is 1.04. The number of fused-ring (bicyclic) bond motifs is 11. The van der Waals surface area contributed by atoms with Crippen LogP contribution in [0.3, 0.4) is 0 Å². The maximum atomic E-state index is 5.26. The van der Waals surface area contributed by atoms with Crippen molar-refractivity contribution in [2.45, 2.75) is 5.41 Å². The second-order valence-electron chi connectivity index (χ2n) is 15.4. The summed E-state index contributed by atoms with van der Waals surface area (Å²) < 4.78 is 0. The van der Waals surface area contributed by atoms with Crippen molar-refractivity contribution >= 4 is 38.6 Å². The lowest BCUT2D eigenvalue weighted by Crippen LogP contribution is -2.36. The van der Waals surface area contributed by atoms with Gasteiger partial charge in [-0.3, -0.25) is 4.98 Å². The highest BCUT2D eigenvalue weighted by molar-refractivity contribution is 6.21. The summed E-state index contributed by atoms with van der Waals surface area (Å²) in [7, 11) is 0. The van der Waals surface area contributed by atoms with E-state index in [0.717, 1.165) is 22.5 Å². The number of aromatic nitrogens is 1. The fraction of sp³-hybridized carbons (Fsp3) is 0.0179. The highest BCUT2D eigenvalue weighted by Gasteiger charge is 2.51. The lowest BCUT2D eigenvalue weighted by atomic mass is 9.64. The summed E-state index contributed by atoms with van der Waals surface area (Å²) in [6.45, 7) is 0. The summed E-state index contributed by atoms with van der Waals surface area (Å²) in [6.07, 6.45) is 2.08. The smallest absolute Gasteiger partial charge is 0.0754 e. The molecule has 0 radical (unpaired) electrons. The van der Waals surface area contributed by atoms with Crippen molar-refractivity contribution in [3.05, 3.63) is 241 Å². The molecule has 58 heavy (non-hydrogen) atoms. The maximum absolute atomic E-state index is 5.26. The SMILES string of the molecule is c1ccc(-c2c3ccccc3c(-c3ccc(-c4ccc5c(c4)C4(c6ccccc6-5)c5ccccc5N(c5ccccc5)c5ccccc54)nc3)c3ccccc23)cc1. The van der Waals surface area contributed by atoms with Crippen molar-refractivity contribution in [1.82, 2.24) is 4.98 Å². The summed E-state index contributed by atoms with van der Waals surface area (Å²) in [6, 6.07) is 77.6. The molecular weight excluding hydrogens is 701 g/mol. The van der Waals surface area contributed by atoms with Gasteiger partial charge in [0, 0.05) is 23.0 Å². The largest absolute Gasteiger partial charge is 0.310 e. The van der Waals surface area contributed by atoms with E-state index in [1.54, 1.807) is 0 Å². The van der Waals surface area contributed by atoms with Crippen LogP contribution in [0.25, 0.3) is 66.2 Å². The molecule has 0 saturated heterocycles. The van der Waals surface area contributed by atoms with Crippen molar-refractivity contribution in [2.24, 2.45) is 0 Å². The summed E-state index contributed by atoms with van der Waals surface area (Å²) in [5.74, 6) is 0. The van der Waals surface area contributed by atoms with Gasteiger partial charge in [0.25, 0.3) is 0 Å². The Morgan fingerprint density at radius 3 is 1.43 bits per heavy atom. The van der Waals surface area contributed by atoms with Crippen LogP contribution in [0, 0.1) is 0 Å². The Hall–Kier alpha value is -7.55. The number of rotatable bonds is 4. The monoisotopic (exact) mass is 736 g/mol. The Morgan fingerprint density at radius 2 is 0.828 bits per heavy atom. The van der Waals surface area contributed by atoms with Gasteiger partial charge in [0.1, 0.15) is 0 Å². The second-order valence-corrected chi connectivity index (χ2v) is 15.4. The summed E-state index contributed by atoms with van der Waals surface area (Å²) in [5.41, 5.74) is 17.6. The second kappa shape index (κ2) is 12.7. The third-order valence-electron chi connectivity index (χ3n) is 12.5. The van der Waals surface area contributed by atoms with E-state index in [2.05, 4.69) is 223 Å². The Morgan fingerprint density at radius 1 is 0.345 bits per heavy atom. The minimum Gasteiger partial charge on any atom is -0.310 e. The van der Waals surface area contributed by atoms with Gasteiger partial charge in [-0.05, 0) is 108 Å². The molecule has 0 bridgehead atoms. The molecule has 2 heteroatoms. The molecule has 0 saturated carbocycles. The number of pyridine rings is 1. The molecule has 0 atom stereocenters. The highest BCUT2D eigenvalue weighted by Crippen LogP contribution is 2.63. The zero-order valence-corrected chi connectivity index (χ0v) is 31.7. The van der Waals surface area contributed by atoms with E-state index >= 15 is 0 Å². The molecule has 1 aromatic heterocycles. The number of hydrogen-bond acceptors (Lipinski definition) is 2. The van der Waals surface area contributed by atoms with Crippen molar-refractivity contribution in [2.75, 3.05) is 4.90 Å². The van der Waals surface area contributed by atoms with E-state index < -0.39 is 5.41 Å². The summed E-state index contributed by atoms with van der Waals surface area (Å²) in [4.78, 5) is 7.69. The van der Waals surface area contributed by atoms with Gasteiger partial charge in [-0.2, -0.15) is 0 Å². The van der Waals surface area contributed by atoms with Crippen LogP contribution < -0.4 is 4.90 Å². The molecule has 0 amide bonds. The van der Waals surface area contributed by atoms with Crippen LogP contribution in [0.1, 0.15) is 22.3 Å². The van der Waals surface area contributed by atoms with Crippen molar-refractivity contribution in [1.29, 1.82) is 0 Å². The van der Waals surface area contributed by atoms with Gasteiger partial charge in [0.2, 0.25) is 0 Å². The van der Waals surface area contributed by atoms with E-state index in [1.165, 1.54) is 83.0 Å². The molecule has 0 N–H and O–H groups in total. The van der Waals surface area contributed by atoms with Gasteiger partial charge < -0.3 is 4.90 Å². The van der Waals surface area contributed by atoms with Crippen molar-refractivity contribution < 1.29 is 0 Å². The molecular formula is C56H36N2. The standard InChI is InChI=1S/C56H36N2/c1-3-17-37(18-4-1)54-43-22-7-9-24-45(43)55(46-25-10-8-23-44(46)54)39-32-34-51(57-36-39)38-31-33-42-41-21-11-12-26-47(41)56(50(42)35-38)48-27-13-15-29-52(48)58(40-19-5-2-6-20-40)53-30-16-14-28-49(53)56/h1-36H. The normalized spacial score (nSPS) is 13.3.